The number of rotatable bonds is 4. The lowest BCUT2D eigenvalue weighted by molar-refractivity contribution is 0.0675. The highest BCUT2D eigenvalue weighted by Crippen LogP contribution is 2.27. The van der Waals surface area contributed by atoms with Crippen LogP contribution in [0.2, 0.25) is 0 Å². The minimum Gasteiger partial charge on any atom is -0.497 e. The normalized spacial score (nSPS) is 17.9. The summed E-state index contributed by atoms with van der Waals surface area (Å²) in [5.74, 6) is 1.63. The molecule has 1 heterocycles. The van der Waals surface area contributed by atoms with Gasteiger partial charge in [0.1, 0.15) is 11.5 Å². The molecule has 0 radical (unpaired) electrons. The third-order valence-corrected chi connectivity index (χ3v) is 3.78. The number of hydrogen-bond donors (Lipinski definition) is 1. The van der Waals surface area contributed by atoms with E-state index in [-0.39, 0.29) is 18.3 Å². The van der Waals surface area contributed by atoms with Crippen LogP contribution >= 0.6 is 12.4 Å². The molecule has 0 aliphatic carbocycles. The van der Waals surface area contributed by atoms with Crippen molar-refractivity contribution in [2.45, 2.75) is 12.8 Å². The molecule has 0 bridgehead atoms. The third kappa shape index (κ3) is 4.02. The quantitative estimate of drug-likeness (QED) is 0.922. The zero-order valence-corrected chi connectivity index (χ0v) is 13.3. The van der Waals surface area contributed by atoms with E-state index in [1.165, 1.54) is 0 Å². The summed E-state index contributed by atoms with van der Waals surface area (Å²) in [6, 6.07) is 5.27. The van der Waals surface area contributed by atoms with Crippen molar-refractivity contribution >= 4 is 18.3 Å². The number of benzene rings is 1. The summed E-state index contributed by atoms with van der Waals surface area (Å²) in [6.07, 6.45) is 2.10. The van der Waals surface area contributed by atoms with Crippen LogP contribution in [0.3, 0.4) is 0 Å². The molecule has 1 amide bonds. The van der Waals surface area contributed by atoms with Crippen molar-refractivity contribution in [3.8, 4) is 11.5 Å². The van der Waals surface area contributed by atoms with Crippen molar-refractivity contribution in [1.82, 2.24) is 4.90 Å². The first-order valence-electron chi connectivity index (χ1n) is 6.91. The van der Waals surface area contributed by atoms with Gasteiger partial charge >= 0.3 is 0 Å². The van der Waals surface area contributed by atoms with Gasteiger partial charge in [-0.1, -0.05) is 0 Å². The van der Waals surface area contributed by atoms with Crippen molar-refractivity contribution in [1.29, 1.82) is 0 Å². The number of carbonyl (C=O) groups excluding carboxylic acids is 1. The first-order valence-corrected chi connectivity index (χ1v) is 6.91. The molecule has 118 valence electrons. The van der Waals surface area contributed by atoms with E-state index in [0.717, 1.165) is 25.9 Å². The Hall–Kier alpha value is -1.46. The number of carbonyl (C=O) groups is 1. The molecule has 21 heavy (non-hydrogen) atoms. The van der Waals surface area contributed by atoms with Gasteiger partial charge in [-0.3, -0.25) is 4.79 Å². The summed E-state index contributed by atoms with van der Waals surface area (Å²) in [4.78, 5) is 14.5. The van der Waals surface area contributed by atoms with Crippen LogP contribution in [0.15, 0.2) is 18.2 Å². The highest BCUT2D eigenvalue weighted by Gasteiger charge is 2.25. The van der Waals surface area contributed by atoms with Gasteiger partial charge in [-0.25, -0.2) is 0 Å². The maximum Gasteiger partial charge on any atom is 0.257 e. The predicted octanol–water partition coefficient (Wildman–Crippen LogP) is 1.94. The van der Waals surface area contributed by atoms with E-state index in [4.69, 9.17) is 15.2 Å². The molecule has 1 aliphatic heterocycles. The van der Waals surface area contributed by atoms with Crippen LogP contribution in [0.4, 0.5) is 0 Å². The fourth-order valence-electron chi connectivity index (χ4n) is 2.59. The molecule has 1 unspecified atom stereocenters. The largest absolute Gasteiger partial charge is 0.497 e. The number of nitrogens with zero attached hydrogens (tertiary/aromatic N) is 1. The number of amides is 1. The summed E-state index contributed by atoms with van der Waals surface area (Å²) >= 11 is 0. The topological polar surface area (TPSA) is 64.8 Å². The molecule has 1 atom stereocenters. The number of likely N-dealkylation sites (tertiary alicyclic amines) is 1. The highest BCUT2D eigenvalue weighted by atomic mass is 35.5. The Kier molecular flexibility index (Phi) is 6.78. The monoisotopic (exact) mass is 314 g/mol. The average Bonchev–Trinajstić information content (AvgIpc) is 2.53. The van der Waals surface area contributed by atoms with Crippen LogP contribution in [0.1, 0.15) is 23.2 Å². The van der Waals surface area contributed by atoms with E-state index < -0.39 is 0 Å². The number of hydrogen-bond acceptors (Lipinski definition) is 4. The molecule has 0 saturated carbocycles. The van der Waals surface area contributed by atoms with E-state index in [1.807, 2.05) is 4.90 Å². The lowest BCUT2D eigenvalue weighted by Crippen LogP contribution is -2.42. The van der Waals surface area contributed by atoms with Gasteiger partial charge in [0.2, 0.25) is 0 Å². The van der Waals surface area contributed by atoms with Crippen molar-refractivity contribution < 1.29 is 14.3 Å². The minimum absolute atomic E-state index is 0. The zero-order valence-electron chi connectivity index (χ0n) is 12.5. The second-order valence-electron chi connectivity index (χ2n) is 5.06. The first-order chi connectivity index (χ1) is 9.69. The Morgan fingerprint density at radius 2 is 2.14 bits per heavy atom. The standard InChI is InChI=1S/C15H22N2O3.ClH/c1-19-12-5-6-13(14(8-12)20-2)15(18)17-7-3-4-11(9-16)10-17;/h5-6,8,11H,3-4,7,9-10,16H2,1-2H3;1H. The van der Waals surface area contributed by atoms with Gasteiger partial charge in [-0.05, 0) is 37.4 Å². The fourth-order valence-corrected chi connectivity index (χ4v) is 2.59. The Balaban J connectivity index is 0.00000220. The van der Waals surface area contributed by atoms with Crippen LogP contribution in [-0.2, 0) is 0 Å². The number of nitrogens with two attached hydrogens (primary N) is 1. The molecule has 6 heteroatoms. The molecule has 2 N–H and O–H groups in total. The van der Waals surface area contributed by atoms with E-state index in [2.05, 4.69) is 0 Å². The summed E-state index contributed by atoms with van der Waals surface area (Å²) in [5, 5.41) is 0. The van der Waals surface area contributed by atoms with Crippen molar-refractivity contribution in [3.63, 3.8) is 0 Å². The van der Waals surface area contributed by atoms with E-state index in [1.54, 1.807) is 32.4 Å². The molecule has 2 rings (SSSR count). The van der Waals surface area contributed by atoms with E-state index in [0.29, 0.717) is 29.5 Å². The Morgan fingerprint density at radius 1 is 1.38 bits per heavy atom. The van der Waals surface area contributed by atoms with Crippen molar-refractivity contribution in [2.75, 3.05) is 33.9 Å². The predicted molar refractivity (Wildman–Crippen MR) is 84.5 cm³/mol. The van der Waals surface area contributed by atoms with Gasteiger partial charge in [-0.2, -0.15) is 0 Å². The molecule has 0 spiro atoms. The Labute approximate surface area is 131 Å². The molecular weight excluding hydrogens is 292 g/mol. The highest BCUT2D eigenvalue weighted by molar-refractivity contribution is 5.97. The maximum atomic E-state index is 12.6. The van der Waals surface area contributed by atoms with Crippen LogP contribution in [-0.4, -0.2) is 44.7 Å². The zero-order chi connectivity index (χ0) is 14.5. The molecule has 1 aromatic rings. The minimum atomic E-state index is 0. The Bertz CT molecular complexity index is 482. The lowest BCUT2D eigenvalue weighted by atomic mass is 9.97. The summed E-state index contributed by atoms with van der Waals surface area (Å²) < 4.78 is 10.5. The first kappa shape index (κ1) is 17.6. The molecule has 1 fully saturated rings. The lowest BCUT2D eigenvalue weighted by Gasteiger charge is -2.32. The molecule has 1 aliphatic rings. The van der Waals surface area contributed by atoms with Gasteiger partial charge in [0.15, 0.2) is 0 Å². The number of methoxy groups -OCH3 is 2. The Morgan fingerprint density at radius 3 is 2.76 bits per heavy atom. The summed E-state index contributed by atoms with van der Waals surface area (Å²) in [6.45, 7) is 2.14. The van der Waals surface area contributed by atoms with Gasteiger partial charge < -0.3 is 20.1 Å². The smallest absolute Gasteiger partial charge is 0.257 e. The second-order valence-corrected chi connectivity index (χ2v) is 5.06. The van der Waals surface area contributed by atoms with Gasteiger partial charge in [0, 0.05) is 19.2 Å². The van der Waals surface area contributed by atoms with Gasteiger partial charge in [0.25, 0.3) is 5.91 Å². The van der Waals surface area contributed by atoms with Crippen molar-refractivity contribution in [3.05, 3.63) is 23.8 Å². The van der Waals surface area contributed by atoms with Crippen LogP contribution < -0.4 is 15.2 Å². The van der Waals surface area contributed by atoms with Gasteiger partial charge in [-0.15, -0.1) is 12.4 Å². The van der Waals surface area contributed by atoms with Crippen LogP contribution in [0.25, 0.3) is 0 Å². The molecular formula is C15H23ClN2O3. The SMILES string of the molecule is COc1ccc(C(=O)N2CCCC(CN)C2)c(OC)c1.Cl. The van der Waals surface area contributed by atoms with E-state index >= 15 is 0 Å². The van der Waals surface area contributed by atoms with Gasteiger partial charge in [0.05, 0.1) is 19.8 Å². The summed E-state index contributed by atoms with van der Waals surface area (Å²) in [7, 11) is 3.15. The average molecular weight is 315 g/mol. The molecule has 1 saturated heterocycles. The maximum absolute atomic E-state index is 12.6. The fraction of sp³-hybridized carbons (Fsp3) is 0.533. The second kappa shape index (κ2) is 8.10. The summed E-state index contributed by atoms with van der Waals surface area (Å²) in [5.41, 5.74) is 6.29. The third-order valence-electron chi connectivity index (χ3n) is 3.78. The van der Waals surface area contributed by atoms with Crippen LogP contribution in [0.5, 0.6) is 11.5 Å². The van der Waals surface area contributed by atoms with Crippen molar-refractivity contribution in [2.24, 2.45) is 11.7 Å². The molecule has 0 aromatic heterocycles. The molecule has 1 aromatic carbocycles. The van der Waals surface area contributed by atoms with E-state index in [9.17, 15) is 4.79 Å². The molecule has 5 nitrogen and oxygen atoms in total. The number of ether oxygens (including phenoxy) is 2. The number of piperidine rings is 1. The van der Waals surface area contributed by atoms with Crippen LogP contribution in [0, 0.1) is 5.92 Å². The number of halogens is 1.